The second-order valence-electron chi connectivity index (χ2n) is 5.28. The first-order valence-electron chi connectivity index (χ1n) is 7.40. The first-order chi connectivity index (χ1) is 12.0. The third kappa shape index (κ3) is 4.24. The predicted octanol–water partition coefficient (Wildman–Crippen LogP) is 3.47. The fraction of sp³-hybridized carbons (Fsp3) is 0.0556. The molecule has 0 bridgehead atoms. The zero-order valence-electron chi connectivity index (χ0n) is 13.0. The lowest BCUT2D eigenvalue weighted by Crippen LogP contribution is -2.39. The van der Waals surface area contributed by atoms with Crippen molar-refractivity contribution in [3.8, 4) is 0 Å². The van der Waals surface area contributed by atoms with E-state index in [9.17, 15) is 9.59 Å². The van der Waals surface area contributed by atoms with Gasteiger partial charge in [0.1, 0.15) is 4.47 Å². The van der Waals surface area contributed by atoms with Crippen LogP contribution < -0.4 is 11.2 Å². The van der Waals surface area contributed by atoms with Crippen LogP contribution in [0.5, 0.6) is 0 Å². The molecule has 126 valence electrons. The Morgan fingerprint density at radius 3 is 2.32 bits per heavy atom. The van der Waals surface area contributed by atoms with Crippen LogP contribution in [0.2, 0.25) is 0 Å². The van der Waals surface area contributed by atoms with Crippen LogP contribution in [-0.2, 0) is 6.54 Å². The van der Waals surface area contributed by atoms with Crippen molar-refractivity contribution in [1.82, 2.24) is 9.24 Å². The summed E-state index contributed by atoms with van der Waals surface area (Å²) in [5.41, 5.74) is 0.817. The molecule has 3 rings (SSSR count). The molecule has 25 heavy (non-hydrogen) atoms. The quantitative estimate of drug-likeness (QED) is 0.557. The van der Waals surface area contributed by atoms with E-state index in [0.717, 1.165) is 24.8 Å². The maximum atomic E-state index is 12.6. The Hall–Kier alpha value is -2.25. The first-order valence-corrected chi connectivity index (χ1v) is 8.99. The maximum Gasteiger partial charge on any atom is 0.351 e. The summed E-state index contributed by atoms with van der Waals surface area (Å²) in [6.07, 6.45) is 2.95. The molecule has 0 radical (unpaired) electrons. The van der Waals surface area contributed by atoms with Gasteiger partial charge in [0.25, 0.3) is 5.56 Å². The molecule has 1 heterocycles. The minimum absolute atomic E-state index is 0.172. The van der Waals surface area contributed by atoms with Crippen molar-refractivity contribution in [3.05, 3.63) is 102 Å². The summed E-state index contributed by atoms with van der Waals surface area (Å²) in [6, 6.07) is 16.9. The third-order valence-corrected chi connectivity index (χ3v) is 4.57. The molecule has 0 amide bonds. The average molecular weight is 463 g/mol. The van der Waals surface area contributed by atoms with Gasteiger partial charge in [-0.05, 0) is 39.2 Å². The number of halogens is 2. The summed E-state index contributed by atoms with van der Waals surface area (Å²) in [5, 5.41) is 4.18. The molecular formula is C18H13Br2N3O2. The molecular weight excluding hydrogens is 450 g/mol. The summed E-state index contributed by atoms with van der Waals surface area (Å²) in [4.78, 5) is 24.9. The van der Waals surface area contributed by atoms with Crippen LogP contribution in [0.1, 0.15) is 11.1 Å². The third-order valence-electron chi connectivity index (χ3n) is 3.50. The molecule has 2 aromatic carbocycles. The standard InChI is InChI=1S/C18H13Br2N3O2/c19-15-8-6-14(7-9-15)11-22-17(24)16(20)12-23(18(22)25)21-10-13-4-2-1-3-5-13/h1-10,12H,11H2/b21-10+. The summed E-state index contributed by atoms with van der Waals surface area (Å²) >= 11 is 6.57. The number of nitrogens with zero attached hydrogens (tertiary/aromatic N) is 3. The van der Waals surface area contributed by atoms with Crippen molar-refractivity contribution in [2.45, 2.75) is 6.54 Å². The first kappa shape index (κ1) is 17.6. The molecule has 0 saturated carbocycles. The predicted molar refractivity (Wildman–Crippen MR) is 105 cm³/mol. The Morgan fingerprint density at radius 1 is 0.960 bits per heavy atom. The molecule has 1 aromatic heterocycles. The Morgan fingerprint density at radius 2 is 1.64 bits per heavy atom. The molecule has 0 aliphatic heterocycles. The van der Waals surface area contributed by atoms with Gasteiger partial charge in [0, 0.05) is 4.47 Å². The van der Waals surface area contributed by atoms with E-state index < -0.39 is 5.69 Å². The van der Waals surface area contributed by atoms with Crippen molar-refractivity contribution >= 4 is 38.1 Å². The van der Waals surface area contributed by atoms with E-state index in [4.69, 9.17) is 0 Å². The van der Waals surface area contributed by atoms with Crippen LogP contribution in [0, 0.1) is 0 Å². The van der Waals surface area contributed by atoms with Gasteiger partial charge in [0.2, 0.25) is 0 Å². The van der Waals surface area contributed by atoms with Crippen molar-refractivity contribution in [2.75, 3.05) is 0 Å². The summed E-state index contributed by atoms with van der Waals surface area (Å²) in [6.45, 7) is 0.172. The van der Waals surface area contributed by atoms with Gasteiger partial charge in [-0.15, -0.1) is 0 Å². The molecule has 0 spiro atoms. The highest BCUT2D eigenvalue weighted by Crippen LogP contribution is 2.11. The lowest BCUT2D eigenvalue weighted by atomic mass is 10.2. The van der Waals surface area contributed by atoms with Gasteiger partial charge in [0.05, 0.1) is 19.0 Å². The van der Waals surface area contributed by atoms with E-state index >= 15 is 0 Å². The Labute approximate surface area is 160 Å². The van der Waals surface area contributed by atoms with Crippen molar-refractivity contribution < 1.29 is 0 Å². The highest BCUT2D eigenvalue weighted by atomic mass is 79.9. The number of hydrogen-bond acceptors (Lipinski definition) is 3. The summed E-state index contributed by atoms with van der Waals surface area (Å²) in [7, 11) is 0. The zero-order chi connectivity index (χ0) is 17.8. The van der Waals surface area contributed by atoms with Crippen LogP contribution in [0.4, 0.5) is 0 Å². The highest BCUT2D eigenvalue weighted by molar-refractivity contribution is 9.10. The molecule has 7 heteroatoms. The van der Waals surface area contributed by atoms with Crippen molar-refractivity contribution in [1.29, 1.82) is 0 Å². The Bertz CT molecular complexity index is 1020. The van der Waals surface area contributed by atoms with Gasteiger partial charge in [-0.25, -0.2) is 4.79 Å². The lowest BCUT2D eigenvalue weighted by molar-refractivity contribution is 0.627. The van der Waals surface area contributed by atoms with E-state index in [1.165, 1.54) is 6.20 Å². The smallest absolute Gasteiger partial charge is 0.268 e. The zero-order valence-corrected chi connectivity index (χ0v) is 16.1. The van der Waals surface area contributed by atoms with E-state index in [-0.39, 0.29) is 16.6 Å². The van der Waals surface area contributed by atoms with Crippen LogP contribution in [0.15, 0.2) is 84.4 Å². The van der Waals surface area contributed by atoms with E-state index in [0.29, 0.717) is 0 Å². The average Bonchev–Trinajstić information content (AvgIpc) is 2.63. The lowest BCUT2D eigenvalue weighted by Gasteiger charge is -2.08. The van der Waals surface area contributed by atoms with E-state index in [1.54, 1.807) is 6.21 Å². The molecule has 5 nitrogen and oxygen atoms in total. The molecule has 0 saturated heterocycles. The fourth-order valence-electron chi connectivity index (χ4n) is 2.22. The fourth-order valence-corrected chi connectivity index (χ4v) is 2.89. The normalized spacial score (nSPS) is 11.1. The van der Waals surface area contributed by atoms with E-state index in [2.05, 4.69) is 37.0 Å². The molecule has 0 N–H and O–H groups in total. The molecule has 0 fully saturated rings. The maximum absolute atomic E-state index is 12.6. The number of rotatable bonds is 4. The Kier molecular flexibility index (Phi) is 5.45. The summed E-state index contributed by atoms with van der Waals surface area (Å²) in [5.74, 6) is 0. The van der Waals surface area contributed by atoms with Gasteiger partial charge in [-0.2, -0.15) is 9.78 Å². The largest absolute Gasteiger partial charge is 0.351 e. The Balaban J connectivity index is 2.00. The van der Waals surface area contributed by atoms with Crippen LogP contribution >= 0.6 is 31.9 Å². The number of aromatic nitrogens is 2. The minimum Gasteiger partial charge on any atom is -0.268 e. The van der Waals surface area contributed by atoms with Crippen LogP contribution in [0.25, 0.3) is 0 Å². The summed E-state index contributed by atoms with van der Waals surface area (Å²) < 4.78 is 3.50. The van der Waals surface area contributed by atoms with Gasteiger partial charge >= 0.3 is 5.69 Å². The molecule has 0 unspecified atom stereocenters. The molecule has 3 aromatic rings. The topological polar surface area (TPSA) is 56.4 Å². The number of benzene rings is 2. The van der Waals surface area contributed by atoms with Gasteiger partial charge in [-0.3, -0.25) is 9.36 Å². The highest BCUT2D eigenvalue weighted by Gasteiger charge is 2.10. The molecule has 0 aliphatic carbocycles. The molecule has 0 aliphatic rings. The SMILES string of the molecule is O=c1c(Br)cn(/N=C/c2ccccc2)c(=O)n1Cc1ccc(Br)cc1. The monoisotopic (exact) mass is 461 g/mol. The van der Waals surface area contributed by atoms with Gasteiger partial charge < -0.3 is 0 Å². The minimum atomic E-state index is -0.497. The second-order valence-corrected chi connectivity index (χ2v) is 7.05. The van der Waals surface area contributed by atoms with Gasteiger partial charge in [-0.1, -0.05) is 58.4 Å². The molecule has 0 atom stereocenters. The number of hydrogen-bond donors (Lipinski definition) is 0. The van der Waals surface area contributed by atoms with Crippen LogP contribution in [-0.4, -0.2) is 15.5 Å². The van der Waals surface area contributed by atoms with Crippen molar-refractivity contribution in [2.24, 2.45) is 5.10 Å². The van der Waals surface area contributed by atoms with E-state index in [1.807, 2.05) is 54.6 Å². The second kappa shape index (κ2) is 7.76. The van der Waals surface area contributed by atoms with Gasteiger partial charge in [0.15, 0.2) is 0 Å². The van der Waals surface area contributed by atoms with Crippen molar-refractivity contribution in [3.63, 3.8) is 0 Å². The van der Waals surface area contributed by atoms with Crippen LogP contribution in [0.3, 0.4) is 0 Å².